The minimum absolute atomic E-state index is 0.117. The molecule has 0 aliphatic carbocycles. The van der Waals surface area contributed by atoms with Crippen LogP contribution in [-0.4, -0.2) is 29.3 Å². The van der Waals surface area contributed by atoms with Crippen molar-refractivity contribution in [1.29, 1.82) is 0 Å². The second-order valence-corrected chi connectivity index (χ2v) is 8.26. The molecule has 0 bridgehead atoms. The van der Waals surface area contributed by atoms with E-state index in [-0.39, 0.29) is 4.90 Å². The van der Waals surface area contributed by atoms with Crippen LogP contribution in [0.3, 0.4) is 0 Å². The van der Waals surface area contributed by atoms with Gasteiger partial charge in [-0.1, -0.05) is 29.8 Å². The summed E-state index contributed by atoms with van der Waals surface area (Å²) in [6.07, 6.45) is 3.34. The van der Waals surface area contributed by atoms with Gasteiger partial charge >= 0.3 is 0 Å². The highest BCUT2D eigenvalue weighted by atomic mass is 35.5. The van der Waals surface area contributed by atoms with Crippen molar-refractivity contribution in [3.63, 3.8) is 0 Å². The SMILES string of the molecule is CN(C(c1ccc(Cl)cc1)c1nccn1C)S(=O)(=O)c1cccc(F)c1. The molecule has 0 saturated heterocycles. The summed E-state index contributed by atoms with van der Waals surface area (Å²) in [5, 5.41) is 0.544. The molecule has 0 amide bonds. The van der Waals surface area contributed by atoms with E-state index in [2.05, 4.69) is 4.98 Å². The number of aromatic nitrogens is 2. The molecule has 1 heterocycles. The second kappa shape index (κ2) is 7.19. The average molecular weight is 394 g/mol. The minimum atomic E-state index is -3.95. The summed E-state index contributed by atoms with van der Waals surface area (Å²) in [5.74, 6) is -0.0747. The molecular formula is C18H17ClFN3O2S. The molecule has 1 atom stereocenters. The Morgan fingerprint density at radius 3 is 2.46 bits per heavy atom. The number of aryl methyl sites for hydroxylation is 1. The largest absolute Gasteiger partial charge is 0.336 e. The fraction of sp³-hybridized carbons (Fsp3) is 0.167. The Labute approximate surface area is 156 Å². The topological polar surface area (TPSA) is 55.2 Å². The maximum atomic E-state index is 13.6. The van der Waals surface area contributed by atoms with Crippen molar-refractivity contribution >= 4 is 21.6 Å². The number of benzene rings is 2. The number of hydrogen-bond acceptors (Lipinski definition) is 3. The molecule has 0 fully saturated rings. The van der Waals surface area contributed by atoms with E-state index in [1.807, 2.05) is 0 Å². The number of hydrogen-bond donors (Lipinski definition) is 0. The first-order valence-electron chi connectivity index (χ1n) is 7.77. The molecule has 0 N–H and O–H groups in total. The normalized spacial score (nSPS) is 13.1. The first-order valence-corrected chi connectivity index (χ1v) is 9.59. The van der Waals surface area contributed by atoms with Gasteiger partial charge in [0.1, 0.15) is 17.7 Å². The van der Waals surface area contributed by atoms with Crippen LogP contribution in [0.15, 0.2) is 65.8 Å². The average Bonchev–Trinajstić information content (AvgIpc) is 3.02. The van der Waals surface area contributed by atoms with Gasteiger partial charge in [-0.3, -0.25) is 0 Å². The second-order valence-electron chi connectivity index (χ2n) is 5.83. The van der Waals surface area contributed by atoms with Crippen molar-refractivity contribution in [3.05, 3.63) is 83.2 Å². The molecule has 0 radical (unpaired) electrons. The Balaban J connectivity index is 2.12. The van der Waals surface area contributed by atoms with E-state index in [4.69, 9.17) is 11.6 Å². The van der Waals surface area contributed by atoms with Crippen LogP contribution in [0.5, 0.6) is 0 Å². The fourth-order valence-electron chi connectivity index (χ4n) is 2.74. The zero-order valence-corrected chi connectivity index (χ0v) is 15.7. The maximum Gasteiger partial charge on any atom is 0.243 e. The van der Waals surface area contributed by atoms with Crippen LogP contribution in [-0.2, 0) is 17.1 Å². The predicted octanol–water partition coefficient (Wildman–Crippen LogP) is 3.62. The molecule has 0 spiro atoms. The van der Waals surface area contributed by atoms with Crippen molar-refractivity contribution in [3.8, 4) is 0 Å². The Bertz CT molecular complexity index is 1020. The Hall–Kier alpha value is -2.22. The lowest BCUT2D eigenvalue weighted by Crippen LogP contribution is -2.33. The van der Waals surface area contributed by atoms with Gasteiger partial charge in [0.2, 0.25) is 10.0 Å². The van der Waals surface area contributed by atoms with Crippen molar-refractivity contribution in [1.82, 2.24) is 13.9 Å². The van der Waals surface area contributed by atoms with E-state index >= 15 is 0 Å². The molecule has 0 saturated carbocycles. The number of sulfonamides is 1. The molecule has 2 aromatic carbocycles. The summed E-state index contributed by atoms with van der Waals surface area (Å²) < 4.78 is 42.6. The van der Waals surface area contributed by atoms with Gasteiger partial charge < -0.3 is 4.57 Å². The van der Waals surface area contributed by atoms with Crippen molar-refractivity contribution in [2.75, 3.05) is 7.05 Å². The molecule has 136 valence electrons. The van der Waals surface area contributed by atoms with Gasteiger partial charge in [-0.15, -0.1) is 0 Å². The van der Waals surface area contributed by atoms with Gasteiger partial charge in [0.05, 0.1) is 4.90 Å². The zero-order valence-electron chi connectivity index (χ0n) is 14.2. The lowest BCUT2D eigenvalue weighted by atomic mass is 10.1. The quantitative estimate of drug-likeness (QED) is 0.665. The predicted molar refractivity (Wildman–Crippen MR) is 97.9 cm³/mol. The van der Waals surface area contributed by atoms with Crippen LogP contribution in [0, 0.1) is 5.82 Å². The number of imidazole rings is 1. The van der Waals surface area contributed by atoms with E-state index in [0.717, 1.165) is 6.07 Å². The summed E-state index contributed by atoms with van der Waals surface area (Å²) >= 11 is 5.96. The van der Waals surface area contributed by atoms with Crippen LogP contribution in [0.4, 0.5) is 4.39 Å². The van der Waals surface area contributed by atoms with Crippen molar-refractivity contribution < 1.29 is 12.8 Å². The van der Waals surface area contributed by atoms with E-state index in [0.29, 0.717) is 16.4 Å². The molecule has 0 aliphatic heterocycles. The van der Waals surface area contributed by atoms with E-state index in [1.165, 1.54) is 29.6 Å². The zero-order chi connectivity index (χ0) is 18.9. The Morgan fingerprint density at radius 2 is 1.88 bits per heavy atom. The maximum absolute atomic E-state index is 13.6. The fourth-order valence-corrected chi connectivity index (χ4v) is 4.20. The Kier molecular flexibility index (Phi) is 5.13. The number of rotatable bonds is 5. The third-order valence-electron chi connectivity index (χ3n) is 4.13. The molecule has 1 aromatic heterocycles. The number of halogens is 2. The van der Waals surface area contributed by atoms with Crippen LogP contribution in [0.25, 0.3) is 0 Å². The van der Waals surface area contributed by atoms with E-state index < -0.39 is 21.9 Å². The third-order valence-corrected chi connectivity index (χ3v) is 6.20. The highest BCUT2D eigenvalue weighted by molar-refractivity contribution is 7.89. The molecule has 0 aliphatic rings. The molecule has 3 aromatic rings. The van der Waals surface area contributed by atoms with E-state index in [9.17, 15) is 12.8 Å². The Morgan fingerprint density at radius 1 is 1.19 bits per heavy atom. The lowest BCUT2D eigenvalue weighted by Gasteiger charge is -2.27. The lowest BCUT2D eigenvalue weighted by molar-refractivity contribution is 0.398. The van der Waals surface area contributed by atoms with Gasteiger partial charge in [0.15, 0.2) is 0 Å². The van der Waals surface area contributed by atoms with Crippen LogP contribution in [0.2, 0.25) is 5.02 Å². The monoisotopic (exact) mass is 393 g/mol. The third kappa shape index (κ3) is 3.51. The first kappa shape index (κ1) is 18.6. The molecule has 3 rings (SSSR count). The molecule has 8 heteroatoms. The molecule has 5 nitrogen and oxygen atoms in total. The standard InChI is InChI=1S/C18H17ClFN3O2S/c1-22-11-10-21-18(22)17(13-6-8-14(19)9-7-13)23(2)26(24,25)16-5-3-4-15(20)12-16/h3-12,17H,1-2H3. The van der Waals surface area contributed by atoms with Gasteiger partial charge in [0, 0.05) is 31.5 Å². The van der Waals surface area contributed by atoms with Crippen LogP contribution in [0.1, 0.15) is 17.4 Å². The summed E-state index contributed by atoms with van der Waals surface area (Å²) in [6, 6.07) is 11.1. The summed E-state index contributed by atoms with van der Waals surface area (Å²) in [7, 11) is -0.717. The number of nitrogens with zero attached hydrogens (tertiary/aromatic N) is 3. The summed E-state index contributed by atoms with van der Waals surface area (Å²) in [5.41, 5.74) is 0.700. The van der Waals surface area contributed by atoms with Gasteiger partial charge in [-0.25, -0.2) is 17.8 Å². The van der Waals surface area contributed by atoms with Crippen LogP contribution < -0.4 is 0 Å². The van der Waals surface area contributed by atoms with Crippen molar-refractivity contribution in [2.24, 2.45) is 7.05 Å². The summed E-state index contributed by atoms with van der Waals surface area (Å²) in [6.45, 7) is 0. The van der Waals surface area contributed by atoms with Gasteiger partial charge in [-0.2, -0.15) is 4.31 Å². The summed E-state index contributed by atoms with van der Waals surface area (Å²) in [4.78, 5) is 4.19. The van der Waals surface area contributed by atoms with Gasteiger partial charge in [0.25, 0.3) is 0 Å². The van der Waals surface area contributed by atoms with Crippen LogP contribution >= 0.6 is 11.6 Å². The highest BCUT2D eigenvalue weighted by Gasteiger charge is 2.32. The van der Waals surface area contributed by atoms with Gasteiger partial charge in [-0.05, 0) is 35.9 Å². The van der Waals surface area contributed by atoms with Crippen molar-refractivity contribution in [2.45, 2.75) is 10.9 Å². The molecule has 26 heavy (non-hydrogen) atoms. The van der Waals surface area contributed by atoms with E-state index in [1.54, 1.807) is 48.3 Å². The smallest absolute Gasteiger partial charge is 0.243 e. The molecule has 1 unspecified atom stereocenters. The highest BCUT2D eigenvalue weighted by Crippen LogP contribution is 2.31. The minimum Gasteiger partial charge on any atom is -0.336 e. The first-order chi connectivity index (χ1) is 12.3. The molecular weight excluding hydrogens is 377 g/mol.